The average molecular weight is 331 g/mol. The van der Waals surface area contributed by atoms with Crippen molar-refractivity contribution in [3.8, 4) is 0 Å². The minimum absolute atomic E-state index is 0.215. The lowest BCUT2D eigenvalue weighted by Crippen LogP contribution is -2.40. The zero-order valence-electron chi connectivity index (χ0n) is 13.8. The number of nitrogens with zero attached hydrogens (tertiary/aromatic N) is 2. The van der Waals surface area contributed by atoms with Crippen molar-refractivity contribution in [1.82, 2.24) is 9.47 Å². The summed E-state index contributed by atoms with van der Waals surface area (Å²) in [6, 6.07) is 12.4. The van der Waals surface area contributed by atoms with E-state index in [0.717, 1.165) is 31.5 Å². The molecule has 1 aromatic heterocycles. The van der Waals surface area contributed by atoms with E-state index in [1.807, 2.05) is 29.2 Å². The lowest BCUT2D eigenvalue weighted by Gasteiger charge is -2.34. The largest absolute Gasteiger partial charge is 0.346 e. The van der Waals surface area contributed by atoms with Gasteiger partial charge in [-0.1, -0.05) is 23.7 Å². The van der Waals surface area contributed by atoms with Crippen LogP contribution in [0.1, 0.15) is 35.8 Å². The zero-order valence-corrected chi connectivity index (χ0v) is 14.5. The number of carbonyl (C=O) groups excluding carboxylic acids is 1. The third-order valence-electron chi connectivity index (χ3n) is 4.78. The topological polar surface area (TPSA) is 25.2 Å². The Morgan fingerprint density at radius 3 is 2.17 bits per heavy atom. The number of rotatable bonds is 3. The van der Waals surface area contributed by atoms with Crippen molar-refractivity contribution >= 4 is 17.5 Å². The Balaban J connectivity index is 1.58. The fraction of sp³-hybridized carbons (Fsp3) is 0.421. The van der Waals surface area contributed by atoms with E-state index >= 15 is 0 Å². The van der Waals surface area contributed by atoms with Gasteiger partial charge in [0, 0.05) is 35.5 Å². The van der Waals surface area contributed by atoms with Crippen LogP contribution in [0.5, 0.6) is 0 Å². The minimum Gasteiger partial charge on any atom is -0.346 e. The number of carbonyl (C=O) groups is 1. The second-order valence-corrected chi connectivity index (χ2v) is 6.84. The highest BCUT2D eigenvalue weighted by Gasteiger charge is 2.24. The molecule has 4 heteroatoms. The van der Waals surface area contributed by atoms with E-state index in [1.165, 1.54) is 11.4 Å². The number of hydrogen-bond acceptors (Lipinski definition) is 1. The highest BCUT2D eigenvalue weighted by Crippen LogP contribution is 2.26. The molecule has 23 heavy (non-hydrogen) atoms. The van der Waals surface area contributed by atoms with Crippen LogP contribution >= 0.6 is 11.6 Å². The maximum atomic E-state index is 12.5. The molecule has 0 bridgehead atoms. The molecule has 1 aliphatic heterocycles. The van der Waals surface area contributed by atoms with Gasteiger partial charge in [0.1, 0.15) is 0 Å². The first-order valence-electron chi connectivity index (χ1n) is 8.21. The third kappa shape index (κ3) is 3.61. The molecule has 1 fully saturated rings. The van der Waals surface area contributed by atoms with Gasteiger partial charge >= 0.3 is 0 Å². The summed E-state index contributed by atoms with van der Waals surface area (Å²) in [5.41, 5.74) is 3.65. The van der Waals surface area contributed by atoms with Crippen LogP contribution in [0.15, 0.2) is 36.4 Å². The van der Waals surface area contributed by atoms with Gasteiger partial charge < -0.3 is 9.47 Å². The predicted octanol–water partition coefficient (Wildman–Crippen LogP) is 4.16. The summed E-state index contributed by atoms with van der Waals surface area (Å²) >= 11 is 5.89. The Morgan fingerprint density at radius 1 is 1.04 bits per heavy atom. The monoisotopic (exact) mass is 330 g/mol. The first-order chi connectivity index (χ1) is 11.0. The Labute approximate surface area is 142 Å². The fourth-order valence-corrected chi connectivity index (χ4v) is 3.64. The maximum Gasteiger partial charge on any atom is 0.226 e. The summed E-state index contributed by atoms with van der Waals surface area (Å²) in [6.45, 7) is 6.00. The second kappa shape index (κ2) is 6.79. The van der Waals surface area contributed by atoms with Crippen LogP contribution in [0.25, 0.3) is 0 Å². The number of aryl methyl sites for hydroxylation is 2. The van der Waals surface area contributed by atoms with Crippen LogP contribution < -0.4 is 0 Å². The molecular formula is C19H23ClN2O. The van der Waals surface area contributed by atoms with Gasteiger partial charge in [0.25, 0.3) is 0 Å². The second-order valence-electron chi connectivity index (χ2n) is 6.40. The summed E-state index contributed by atoms with van der Waals surface area (Å²) in [5.74, 6) is 0.215. The predicted molar refractivity (Wildman–Crippen MR) is 93.9 cm³/mol. The molecule has 3 rings (SSSR count). The van der Waals surface area contributed by atoms with Crippen LogP contribution in [0, 0.1) is 13.8 Å². The van der Waals surface area contributed by atoms with Gasteiger partial charge in [-0.05, 0) is 56.5 Å². The Bertz CT molecular complexity index is 662. The lowest BCUT2D eigenvalue weighted by molar-refractivity contribution is -0.131. The molecule has 0 atom stereocenters. The number of benzene rings is 1. The molecule has 3 nitrogen and oxygen atoms in total. The number of hydrogen-bond donors (Lipinski definition) is 0. The van der Waals surface area contributed by atoms with Crippen molar-refractivity contribution in [2.75, 3.05) is 13.1 Å². The Kier molecular flexibility index (Phi) is 4.76. The summed E-state index contributed by atoms with van der Waals surface area (Å²) in [5, 5.41) is 0.708. The molecule has 2 aromatic rings. The normalized spacial score (nSPS) is 15.9. The molecular weight excluding hydrogens is 308 g/mol. The van der Waals surface area contributed by atoms with Crippen molar-refractivity contribution in [1.29, 1.82) is 0 Å². The van der Waals surface area contributed by atoms with Crippen molar-refractivity contribution in [2.45, 2.75) is 39.2 Å². The van der Waals surface area contributed by atoms with Gasteiger partial charge in [0.2, 0.25) is 5.91 Å². The molecule has 1 aromatic carbocycles. The number of halogens is 1. The van der Waals surface area contributed by atoms with Crippen LogP contribution in [0.4, 0.5) is 0 Å². The fourth-order valence-electron chi connectivity index (χ4n) is 3.52. The highest BCUT2D eigenvalue weighted by molar-refractivity contribution is 6.30. The molecule has 0 spiro atoms. The van der Waals surface area contributed by atoms with Gasteiger partial charge in [-0.15, -0.1) is 0 Å². The quantitative estimate of drug-likeness (QED) is 0.829. The van der Waals surface area contributed by atoms with Gasteiger partial charge in [0.15, 0.2) is 0 Å². The molecule has 1 amide bonds. The van der Waals surface area contributed by atoms with E-state index in [2.05, 4.69) is 30.5 Å². The summed E-state index contributed by atoms with van der Waals surface area (Å²) in [6.07, 6.45) is 2.52. The van der Waals surface area contributed by atoms with E-state index in [0.29, 0.717) is 17.5 Å². The summed E-state index contributed by atoms with van der Waals surface area (Å²) in [4.78, 5) is 14.5. The Hall–Kier alpha value is -1.74. The molecule has 0 N–H and O–H groups in total. The van der Waals surface area contributed by atoms with E-state index < -0.39 is 0 Å². The Morgan fingerprint density at radius 2 is 1.61 bits per heavy atom. The standard InChI is InChI=1S/C19H23ClN2O/c1-14-3-4-15(2)22(14)18-9-11-21(12-10-18)19(23)13-16-5-7-17(20)8-6-16/h3-8,18H,9-13H2,1-2H3. The number of likely N-dealkylation sites (tertiary alicyclic amines) is 1. The molecule has 1 saturated heterocycles. The molecule has 0 unspecified atom stereocenters. The van der Waals surface area contributed by atoms with Crippen molar-refractivity contribution in [3.05, 3.63) is 58.4 Å². The number of piperidine rings is 1. The number of aromatic nitrogens is 1. The minimum atomic E-state index is 0.215. The van der Waals surface area contributed by atoms with E-state index in [1.54, 1.807) is 0 Å². The first-order valence-corrected chi connectivity index (χ1v) is 8.59. The molecule has 2 heterocycles. The maximum absolute atomic E-state index is 12.5. The van der Waals surface area contributed by atoms with Gasteiger partial charge in [-0.25, -0.2) is 0 Å². The van der Waals surface area contributed by atoms with Crippen LogP contribution in [0.3, 0.4) is 0 Å². The van der Waals surface area contributed by atoms with E-state index in [9.17, 15) is 4.79 Å². The SMILES string of the molecule is Cc1ccc(C)n1C1CCN(C(=O)Cc2ccc(Cl)cc2)CC1. The molecule has 0 aliphatic carbocycles. The van der Waals surface area contributed by atoms with Crippen LogP contribution in [0.2, 0.25) is 5.02 Å². The number of amides is 1. The highest BCUT2D eigenvalue weighted by atomic mass is 35.5. The molecule has 122 valence electrons. The van der Waals surface area contributed by atoms with Crippen LogP contribution in [-0.4, -0.2) is 28.5 Å². The van der Waals surface area contributed by atoms with Crippen molar-refractivity contribution < 1.29 is 4.79 Å². The first kappa shape index (κ1) is 16.1. The van der Waals surface area contributed by atoms with Gasteiger partial charge in [-0.3, -0.25) is 4.79 Å². The lowest BCUT2D eigenvalue weighted by atomic mass is 10.0. The van der Waals surface area contributed by atoms with Gasteiger partial charge in [-0.2, -0.15) is 0 Å². The summed E-state index contributed by atoms with van der Waals surface area (Å²) in [7, 11) is 0. The van der Waals surface area contributed by atoms with Crippen LogP contribution in [-0.2, 0) is 11.2 Å². The van der Waals surface area contributed by atoms with Crippen molar-refractivity contribution in [3.63, 3.8) is 0 Å². The van der Waals surface area contributed by atoms with Gasteiger partial charge in [0.05, 0.1) is 6.42 Å². The zero-order chi connectivity index (χ0) is 16.4. The molecule has 1 aliphatic rings. The summed E-state index contributed by atoms with van der Waals surface area (Å²) < 4.78 is 2.42. The van der Waals surface area contributed by atoms with E-state index in [-0.39, 0.29) is 5.91 Å². The molecule has 0 radical (unpaired) electrons. The average Bonchev–Trinajstić information content (AvgIpc) is 2.88. The molecule has 0 saturated carbocycles. The third-order valence-corrected chi connectivity index (χ3v) is 5.03. The van der Waals surface area contributed by atoms with E-state index in [4.69, 9.17) is 11.6 Å². The van der Waals surface area contributed by atoms with Crippen molar-refractivity contribution in [2.24, 2.45) is 0 Å². The smallest absolute Gasteiger partial charge is 0.226 e.